The van der Waals surface area contributed by atoms with Gasteiger partial charge in [-0.25, -0.2) is 0 Å². The second kappa shape index (κ2) is 6.21. The van der Waals surface area contributed by atoms with Crippen LogP contribution in [0.15, 0.2) is 60.7 Å². The van der Waals surface area contributed by atoms with E-state index in [9.17, 15) is 14.9 Å². The Morgan fingerprint density at radius 1 is 0.935 bits per heavy atom. The summed E-state index contributed by atoms with van der Waals surface area (Å²) in [5.41, 5.74) is 2.05. The molecular weight excluding hydrogens is 400 g/mol. The topological polar surface area (TPSA) is 91.1 Å². The number of anilines is 1. The van der Waals surface area contributed by atoms with E-state index in [2.05, 4.69) is 0 Å². The Morgan fingerprint density at radius 3 is 2.58 bits per heavy atom. The number of ether oxygens (including phenoxy) is 3. The van der Waals surface area contributed by atoms with Gasteiger partial charge in [-0.05, 0) is 23.3 Å². The Kier molecular flexibility index (Phi) is 3.56. The Hall–Kier alpha value is -4.07. The number of fused-ring (bicyclic) bond motifs is 5. The number of benzene rings is 3. The Bertz CT molecular complexity index is 1270. The molecule has 0 radical (unpaired) electrons. The van der Waals surface area contributed by atoms with Crippen LogP contribution in [0.5, 0.6) is 17.2 Å². The number of non-ortho nitro benzene ring substituents is 1. The number of amides is 1. The molecule has 154 valence electrons. The second-order valence-corrected chi connectivity index (χ2v) is 7.73. The monoisotopic (exact) mass is 416 g/mol. The molecule has 0 saturated carbocycles. The molecule has 0 aliphatic carbocycles. The minimum Gasteiger partial charge on any atom is -0.491 e. The van der Waals surface area contributed by atoms with E-state index in [4.69, 9.17) is 14.2 Å². The zero-order valence-electron chi connectivity index (χ0n) is 16.2. The summed E-state index contributed by atoms with van der Waals surface area (Å²) >= 11 is 0. The maximum absolute atomic E-state index is 13.9. The highest BCUT2D eigenvalue weighted by atomic mass is 16.7. The van der Waals surface area contributed by atoms with Crippen LogP contribution in [-0.2, 0) is 16.8 Å². The molecule has 1 spiro atoms. The van der Waals surface area contributed by atoms with E-state index in [-0.39, 0.29) is 31.5 Å². The highest BCUT2D eigenvalue weighted by Gasteiger charge is 2.57. The molecule has 0 fully saturated rings. The molecule has 1 amide bonds. The summed E-state index contributed by atoms with van der Waals surface area (Å²) in [6.45, 7) is 0.528. The molecule has 3 aromatic carbocycles. The maximum atomic E-state index is 13.9. The SMILES string of the molecule is O=C1N(Cc2cccc([N+](=O)[O-])c2)c2ccccc2C12COc1cc3c(cc12)OCO3. The Labute approximate surface area is 176 Å². The zero-order valence-corrected chi connectivity index (χ0v) is 16.2. The van der Waals surface area contributed by atoms with Crippen molar-refractivity contribution in [3.05, 3.63) is 87.5 Å². The smallest absolute Gasteiger partial charge is 0.269 e. The van der Waals surface area contributed by atoms with Gasteiger partial charge < -0.3 is 19.1 Å². The first-order valence-electron chi connectivity index (χ1n) is 9.80. The summed E-state index contributed by atoms with van der Waals surface area (Å²) in [5, 5.41) is 11.2. The van der Waals surface area contributed by atoms with Crippen molar-refractivity contribution in [1.29, 1.82) is 0 Å². The lowest BCUT2D eigenvalue weighted by Crippen LogP contribution is -2.42. The molecule has 6 rings (SSSR count). The molecule has 0 N–H and O–H groups in total. The Morgan fingerprint density at radius 2 is 1.74 bits per heavy atom. The van der Waals surface area contributed by atoms with Gasteiger partial charge in [0.25, 0.3) is 5.69 Å². The summed E-state index contributed by atoms with van der Waals surface area (Å²) in [4.78, 5) is 26.3. The van der Waals surface area contributed by atoms with Gasteiger partial charge in [0.15, 0.2) is 11.5 Å². The van der Waals surface area contributed by atoms with Gasteiger partial charge >= 0.3 is 0 Å². The zero-order chi connectivity index (χ0) is 21.2. The molecule has 8 nitrogen and oxygen atoms in total. The van der Waals surface area contributed by atoms with Crippen molar-refractivity contribution in [1.82, 2.24) is 0 Å². The van der Waals surface area contributed by atoms with E-state index in [0.29, 0.717) is 22.8 Å². The molecule has 3 aliphatic heterocycles. The fraction of sp³-hybridized carbons (Fsp3) is 0.174. The van der Waals surface area contributed by atoms with Crippen LogP contribution in [0.25, 0.3) is 0 Å². The quantitative estimate of drug-likeness (QED) is 0.479. The predicted octanol–water partition coefficient (Wildman–Crippen LogP) is 3.55. The number of nitro benzene ring substituents is 1. The Balaban J connectivity index is 1.47. The molecule has 0 aromatic heterocycles. The molecule has 31 heavy (non-hydrogen) atoms. The fourth-order valence-corrected chi connectivity index (χ4v) is 4.67. The molecule has 3 aromatic rings. The summed E-state index contributed by atoms with van der Waals surface area (Å²) in [6, 6.07) is 17.6. The van der Waals surface area contributed by atoms with Crippen LogP contribution < -0.4 is 19.1 Å². The average molecular weight is 416 g/mol. The fourth-order valence-electron chi connectivity index (χ4n) is 4.67. The molecule has 1 atom stereocenters. The van der Waals surface area contributed by atoms with E-state index < -0.39 is 10.3 Å². The summed E-state index contributed by atoms with van der Waals surface area (Å²) in [7, 11) is 0. The van der Waals surface area contributed by atoms with Crippen molar-refractivity contribution in [2.24, 2.45) is 0 Å². The molecule has 0 saturated heterocycles. The minimum atomic E-state index is -0.992. The summed E-state index contributed by atoms with van der Waals surface area (Å²) in [6.07, 6.45) is 0. The van der Waals surface area contributed by atoms with Crippen molar-refractivity contribution in [2.75, 3.05) is 18.3 Å². The van der Waals surface area contributed by atoms with E-state index >= 15 is 0 Å². The van der Waals surface area contributed by atoms with Gasteiger partial charge in [-0.1, -0.05) is 30.3 Å². The van der Waals surface area contributed by atoms with Crippen molar-refractivity contribution < 1.29 is 23.9 Å². The summed E-state index contributed by atoms with van der Waals surface area (Å²) in [5.74, 6) is 1.66. The normalized spacial score (nSPS) is 20.0. The van der Waals surface area contributed by atoms with Gasteiger partial charge in [-0.15, -0.1) is 0 Å². The first-order chi connectivity index (χ1) is 15.1. The van der Waals surface area contributed by atoms with Crippen LogP contribution in [0.1, 0.15) is 16.7 Å². The van der Waals surface area contributed by atoms with Crippen molar-refractivity contribution >= 4 is 17.3 Å². The van der Waals surface area contributed by atoms with Crippen molar-refractivity contribution in [3.8, 4) is 17.2 Å². The number of carbonyl (C=O) groups is 1. The van der Waals surface area contributed by atoms with Gasteiger partial charge in [-0.2, -0.15) is 0 Å². The number of nitro groups is 1. The number of hydrogen-bond acceptors (Lipinski definition) is 6. The third-order valence-corrected chi connectivity index (χ3v) is 6.11. The highest BCUT2D eigenvalue weighted by Crippen LogP contribution is 2.55. The average Bonchev–Trinajstić information content (AvgIpc) is 3.45. The highest BCUT2D eigenvalue weighted by molar-refractivity contribution is 6.11. The predicted molar refractivity (Wildman–Crippen MR) is 110 cm³/mol. The number of para-hydroxylation sites is 1. The van der Waals surface area contributed by atoms with Crippen LogP contribution >= 0.6 is 0 Å². The van der Waals surface area contributed by atoms with Gasteiger partial charge in [0.2, 0.25) is 12.7 Å². The van der Waals surface area contributed by atoms with Crippen molar-refractivity contribution in [3.63, 3.8) is 0 Å². The first kappa shape index (κ1) is 17.8. The third kappa shape index (κ3) is 2.38. The van der Waals surface area contributed by atoms with E-state index in [0.717, 1.165) is 16.8 Å². The van der Waals surface area contributed by atoms with Gasteiger partial charge in [0, 0.05) is 29.4 Å². The molecule has 8 heteroatoms. The lowest BCUT2D eigenvalue weighted by atomic mass is 9.77. The maximum Gasteiger partial charge on any atom is 0.269 e. The van der Waals surface area contributed by atoms with Gasteiger partial charge in [0.05, 0.1) is 11.5 Å². The number of hydrogen-bond donors (Lipinski definition) is 0. The van der Waals surface area contributed by atoms with Crippen LogP contribution in [0.4, 0.5) is 11.4 Å². The lowest BCUT2D eigenvalue weighted by molar-refractivity contribution is -0.384. The van der Waals surface area contributed by atoms with Crippen LogP contribution in [0, 0.1) is 10.1 Å². The van der Waals surface area contributed by atoms with E-state index in [1.807, 2.05) is 30.3 Å². The van der Waals surface area contributed by atoms with Crippen LogP contribution in [0.2, 0.25) is 0 Å². The number of carbonyl (C=O) groups excluding carboxylic acids is 1. The first-order valence-corrected chi connectivity index (χ1v) is 9.80. The van der Waals surface area contributed by atoms with Crippen LogP contribution in [0.3, 0.4) is 0 Å². The molecule has 3 heterocycles. The summed E-state index contributed by atoms with van der Waals surface area (Å²) < 4.78 is 17.0. The number of rotatable bonds is 3. The van der Waals surface area contributed by atoms with Gasteiger partial charge in [0.1, 0.15) is 17.8 Å². The third-order valence-electron chi connectivity index (χ3n) is 6.11. The molecular formula is C23H16N2O6. The number of nitrogens with zero attached hydrogens (tertiary/aromatic N) is 2. The standard InChI is InChI=1S/C23H16N2O6/c26-22-23(12-29-19-10-21-20(9-17(19)23)30-13-31-21)16-6-1-2-7-18(16)24(22)11-14-4-3-5-15(8-14)25(27)28/h1-10H,11-13H2. The molecule has 0 bridgehead atoms. The largest absolute Gasteiger partial charge is 0.491 e. The lowest BCUT2D eigenvalue weighted by Gasteiger charge is -2.23. The molecule has 3 aliphatic rings. The minimum absolute atomic E-state index is 0.00518. The second-order valence-electron chi connectivity index (χ2n) is 7.73. The van der Waals surface area contributed by atoms with E-state index in [1.54, 1.807) is 23.1 Å². The van der Waals surface area contributed by atoms with Crippen LogP contribution in [-0.4, -0.2) is 24.2 Å². The van der Waals surface area contributed by atoms with Crippen molar-refractivity contribution in [2.45, 2.75) is 12.0 Å². The van der Waals surface area contributed by atoms with Gasteiger partial charge in [-0.3, -0.25) is 14.9 Å². The van der Waals surface area contributed by atoms with E-state index in [1.165, 1.54) is 12.1 Å². The molecule has 1 unspecified atom stereocenters.